The van der Waals surface area contributed by atoms with E-state index in [2.05, 4.69) is 23.8 Å². The zero-order chi connectivity index (χ0) is 13.0. The van der Waals surface area contributed by atoms with E-state index in [9.17, 15) is 0 Å². The van der Waals surface area contributed by atoms with Gasteiger partial charge in [-0.3, -0.25) is 0 Å². The van der Waals surface area contributed by atoms with Crippen molar-refractivity contribution < 1.29 is 4.74 Å². The molecule has 0 amide bonds. The third-order valence-electron chi connectivity index (χ3n) is 3.83. The van der Waals surface area contributed by atoms with E-state index >= 15 is 0 Å². The predicted octanol–water partition coefficient (Wildman–Crippen LogP) is 4.04. The molecule has 2 rings (SSSR count). The van der Waals surface area contributed by atoms with Crippen LogP contribution in [0.2, 0.25) is 5.15 Å². The standard InChI is InChI=1S/C14H21ClN2O/c1-3-10-7-5-6-8-12(10)18-14-11(4-2)13(15)16-9-17-14/h9-10,12H,3-8H2,1-2H3. The van der Waals surface area contributed by atoms with Gasteiger partial charge >= 0.3 is 0 Å². The monoisotopic (exact) mass is 268 g/mol. The second-order valence-corrected chi connectivity index (χ2v) is 5.27. The molecule has 2 atom stereocenters. The van der Waals surface area contributed by atoms with Crippen LogP contribution in [0.5, 0.6) is 5.88 Å². The van der Waals surface area contributed by atoms with Crippen molar-refractivity contribution in [1.29, 1.82) is 0 Å². The van der Waals surface area contributed by atoms with Gasteiger partial charge < -0.3 is 4.74 Å². The van der Waals surface area contributed by atoms with Gasteiger partial charge in [0, 0.05) is 0 Å². The van der Waals surface area contributed by atoms with Gasteiger partial charge in [0.05, 0.1) is 5.56 Å². The van der Waals surface area contributed by atoms with Crippen LogP contribution >= 0.6 is 11.6 Å². The molecule has 1 fully saturated rings. The minimum absolute atomic E-state index is 0.292. The van der Waals surface area contributed by atoms with Gasteiger partial charge in [-0.2, -0.15) is 0 Å². The Labute approximate surface area is 114 Å². The second kappa shape index (κ2) is 6.37. The molecule has 0 spiro atoms. The summed E-state index contributed by atoms with van der Waals surface area (Å²) < 4.78 is 6.13. The molecule has 4 heteroatoms. The Morgan fingerprint density at radius 2 is 2.06 bits per heavy atom. The maximum Gasteiger partial charge on any atom is 0.221 e. The van der Waals surface area contributed by atoms with Crippen LogP contribution in [0.1, 0.15) is 51.5 Å². The normalized spacial score (nSPS) is 23.9. The largest absolute Gasteiger partial charge is 0.474 e. The van der Waals surface area contributed by atoms with E-state index in [1.807, 2.05) is 0 Å². The molecule has 0 radical (unpaired) electrons. The molecule has 3 nitrogen and oxygen atoms in total. The van der Waals surface area contributed by atoms with Crippen LogP contribution in [-0.2, 0) is 6.42 Å². The summed E-state index contributed by atoms with van der Waals surface area (Å²) in [5, 5.41) is 0.520. The van der Waals surface area contributed by atoms with E-state index in [-0.39, 0.29) is 0 Å². The van der Waals surface area contributed by atoms with E-state index in [0.717, 1.165) is 18.4 Å². The molecule has 1 aromatic rings. The van der Waals surface area contributed by atoms with Gasteiger partial charge in [0.25, 0.3) is 0 Å². The number of aromatic nitrogens is 2. The third kappa shape index (κ3) is 2.94. The average molecular weight is 269 g/mol. The van der Waals surface area contributed by atoms with Crippen LogP contribution in [0, 0.1) is 5.92 Å². The summed E-state index contributed by atoms with van der Waals surface area (Å²) in [6.07, 6.45) is 8.72. The zero-order valence-corrected chi connectivity index (χ0v) is 11.9. The van der Waals surface area contributed by atoms with Crippen molar-refractivity contribution in [3.8, 4) is 5.88 Å². The first kappa shape index (κ1) is 13.6. The van der Waals surface area contributed by atoms with Crippen LogP contribution < -0.4 is 4.74 Å². The molecule has 2 unspecified atom stereocenters. The summed E-state index contributed by atoms with van der Waals surface area (Å²) in [7, 11) is 0. The van der Waals surface area contributed by atoms with Crippen LogP contribution in [-0.4, -0.2) is 16.1 Å². The molecule has 100 valence electrons. The molecule has 0 bridgehead atoms. The number of ether oxygens (including phenoxy) is 1. The molecular formula is C14H21ClN2O. The Morgan fingerprint density at radius 1 is 1.28 bits per heavy atom. The second-order valence-electron chi connectivity index (χ2n) is 4.91. The van der Waals surface area contributed by atoms with Crippen LogP contribution in [0.15, 0.2) is 6.33 Å². The summed E-state index contributed by atoms with van der Waals surface area (Å²) in [6.45, 7) is 4.29. The van der Waals surface area contributed by atoms with E-state index in [0.29, 0.717) is 23.1 Å². The van der Waals surface area contributed by atoms with E-state index in [1.165, 1.54) is 32.0 Å². The van der Waals surface area contributed by atoms with Crippen molar-refractivity contribution in [2.75, 3.05) is 0 Å². The minimum atomic E-state index is 0.292. The highest BCUT2D eigenvalue weighted by Gasteiger charge is 2.26. The van der Waals surface area contributed by atoms with Gasteiger partial charge in [0.15, 0.2) is 0 Å². The topological polar surface area (TPSA) is 35.0 Å². The Morgan fingerprint density at radius 3 is 2.78 bits per heavy atom. The highest BCUT2D eigenvalue weighted by Crippen LogP contribution is 2.32. The quantitative estimate of drug-likeness (QED) is 0.773. The number of hydrogen-bond acceptors (Lipinski definition) is 3. The molecule has 0 aliphatic heterocycles. The van der Waals surface area contributed by atoms with Gasteiger partial charge in [0.1, 0.15) is 17.6 Å². The molecule has 1 saturated carbocycles. The van der Waals surface area contributed by atoms with Crippen molar-refractivity contribution in [1.82, 2.24) is 9.97 Å². The molecule has 0 N–H and O–H groups in total. The minimum Gasteiger partial charge on any atom is -0.474 e. The summed E-state index contributed by atoms with van der Waals surface area (Å²) in [5.41, 5.74) is 0.930. The van der Waals surface area contributed by atoms with Crippen molar-refractivity contribution in [3.05, 3.63) is 17.0 Å². The van der Waals surface area contributed by atoms with Crippen molar-refractivity contribution in [2.45, 2.75) is 58.5 Å². The number of halogens is 1. The van der Waals surface area contributed by atoms with Gasteiger partial charge in [0.2, 0.25) is 5.88 Å². The lowest BCUT2D eigenvalue weighted by Gasteiger charge is -2.31. The Hall–Kier alpha value is -0.830. The molecule has 1 aliphatic carbocycles. The molecule has 1 aromatic heterocycles. The first-order valence-corrected chi connectivity index (χ1v) is 7.30. The first-order chi connectivity index (χ1) is 8.76. The van der Waals surface area contributed by atoms with Gasteiger partial charge in [-0.25, -0.2) is 9.97 Å². The molecule has 0 saturated heterocycles. The van der Waals surface area contributed by atoms with Crippen molar-refractivity contribution in [3.63, 3.8) is 0 Å². The highest BCUT2D eigenvalue weighted by molar-refractivity contribution is 6.30. The van der Waals surface area contributed by atoms with Crippen molar-refractivity contribution in [2.24, 2.45) is 5.92 Å². The summed E-state index contributed by atoms with van der Waals surface area (Å²) in [5.74, 6) is 1.33. The lowest BCUT2D eigenvalue weighted by atomic mass is 9.85. The van der Waals surface area contributed by atoms with Gasteiger partial charge in [-0.05, 0) is 38.0 Å². The summed E-state index contributed by atoms with van der Waals surface area (Å²) in [4.78, 5) is 8.27. The van der Waals surface area contributed by atoms with Gasteiger partial charge in [-0.15, -0.1) is 0 Å². The Kier molecular flexibility index (Phi) is 4.81. The fraction of sp³-hybridized carbons (Fsp3) is 0.714. The molecule has 1 heterocycles. The fourth-order valence-electron chi connectivity index (χ4n) is 2.71. The van der Waals surface area contributed by atoms with E-state index in [1.54, 1.807) is 0 Å². The van der Waals surface area contributed by atoms with Crippen molar-refractivity contribution >= 4 is 11.6 Å². The third-order valence-corrected chi connectivity index (χ3v) is 4.16. The lowest BCUT2D eigenvalue weighted by molar-refractivity contribution is 0.0847. The zero-order valence-electron chi connectivity index (χ0n) is 11.2. The van der Waals surface area contributed by atoms with Crippen LogP contribution in [0.4, 0.5) is 0 Å². The highest BCUT2D eigenvalue weighted by atomic mass is 35.5. The van der Waals surface area contributed by atoms with Crippen LogP contribution in [0.3, 0.4) is 0 Å². The Balaban J connectivity index is 2.15. The first-order valence-electron chi connectivity index (χ1n) is 6.92. The van der Waals surface area contributed by atoms with Gasteiger partial charge in [-0.1, -0.05) is 31.9 Å². The number of nitrogens with zero attached hydrogens (tertiary/aromatic N) is 2. The SMILES string of the molecule is CCc1c(Cl)ncnc1OC1CCCCC1CC. The predicted molar refractivity (Wildman–Crippen MR) is 73.1 cm³/mol. The molecule has 0 aromatic carbocycles. The lowest BCUT2D eigenvalue weighted by Crippen LogP contribution is -2.30. The maximum atomic E-state index is 6.13. The molecule has 1 aliphatic rings. The number of rotatable bonds is 4. The summed E-state index contributed by atoms with van der Waals surface area (Å²) >= 11 is 6.09. The number of hydrogen-bond donors (Lipinski definition) is 0. The average Bonchev–Trinajstić information content (AvgIpc) is 2.40. The molecule has 18 heavy (non-hydrogen) atoms. The van der Waals surface area contributed by atoms with Crippen LogP contribution in [0.25, 0.3) is 0 Å². The molecular weight excluding hydrogens is 248 g/mol. The Bertz CT molecular complexity index is 397. The van der Waals surface area contributed by atoms with E-state index < -0.39 is 0 Å². The smallest absolute Gasteiger partial charge is 0.221 e. The van der Waals surface area contributed by atoms with E-state index in [4.69, 9.17) is 16.3 Å². The maximum absolute atomic E-state index is 6.13. The summed E-state index contributed by atoms with van der Waals surface area (Å²) in [6, 6.07) is 0. The fourth-order valence-corrected chi connectivity index (χ4v) is 2.97.